The molecule has 0 saturated carbocycles. The van der Waals surface area contributed by atoms with Crippen molar-refractivity contribution in [2.24, 2.45) is 0 Å². The van der Waals surface area contributed by atoms with Gasteiger partial charge in [-0.25, -0.2) is 0 Å². The van der Waals surface area contributed by atoms with E-state index in [9.17, 15) is 0 Å². The van der Waals surface area contributed by atoms with Crippen molar-refractivity contribution in [3.63, 3.8) is 0 Å². The lowest BCUT2D eigenvalue weighted by Gasteiger charge is -2.12. The van der Waals surface area contributed by atoms with Crippen LogP contribution in [0.3, 0.4) is 0 Å². The van der Waals surface area contributed by atoms with Crippen molar-refractivity contribution in [1.82, 2.24) is 0 Å². The second kappa shape index (κ2) is 2.03. The molecule has 0 rings (SSSR count). The molecule has 6 heavy (non-hydrogen) atoms. The van der Waals surface area contributed by atoms with Gasteiger partial charge < -0.3 is 0 Å². The van der Waals surface area contributed by atoms with Gasteiger partial charge in [0.05, 0.1) is 0 Å². The van der Waals surface area contributed by atoms with Gasteiger partial charge in [0, 0.05) is 10.2 Å². The fourth-order valence-corrected chi connectivity index (χ4v) is 0. The summed E-state index contributed by atoms with van der Waals surface area (Å²) in [6.07, 6.45) is 2.16. The lowest BCUT2D eigenvalue weighted by molar-refractivity contribution is 1.01. The minimum Gasteiger partial charge on any atom is -0.163 e. The van der Waals surface area contributed by atoms with Crippen molar-refractivity contribution in [3.05, 3.63) is 0 Å². The van der Waals surface area contributed by atoms with Crippen molar-refractivity contribution < 1.29 is 0 Å². The molecule has 0 heterocycles. The average Bonchev–Trinajstić information content (AvgIpc) is 1.35. The molecule has 0 aromatic rings. The van der Waals surface area contributed by atoms with E-state index in [-0.39, 0.29) is 0 Å². The van der Waals surface area contributed by atoms with E-state index in [4.69, 9.17) is 0 Å². The molecular weight excluding hydrogens is 108 g/mol. The average molecular weight is 120 g/mol. The molecule has 0 spiro atoms. The number of hydrogen-bond acceptors (Lipinski definition) is 1. The summed E-state index contributed by atoms with van der Waals surface area (Å²) in [5.74, 6) is 0. The Bertz CT molecular complexity index is 37.3. The van der Waals surface area contributed by atoms with Crippen molar-refractivity contribution in [2.45, 2.75) is 18.2 Å². The molecule has 38 valence electrons. The maximum absolute atomic E-state index is 2.27. The SMILES string of the molecule is CSC(C)(C)[SiH3]. The van der Waals surface area contributed by atoms with E-state index in [2.05, 4.69) is 20.1 Å². The van der Waals surface area contributed by atoms with Gasteiger partial charge in [0.1, 0.15) is 0 Å². The Morgan fingerprint density at radius 2 is 1.67 bits per heavy atom. The summed E-state index contributed by atoms with van der Waals surface area (Å²) in [7, 11) is 1.29. The van der Waals surface area contributed by atoms with Crippen LogP contribution in [-0.4, -0.2) is 20.9 Å². The first-order chi connectivity index (χ1) is 2.56. The number of hydrogen-bond donors (Lipinski definition) is 0. The second-order valence-electron chi connectivity index (χ2n) is 2.32. The summed E-state index contributed by atoms with van der Waals surface area (Å²) in [6, 6.07) is 0. The Balaban J connectivity index is 3.17. The molecule has 0 bridgehead atoms. The monoisotopic (exact) mass is 120 g/mol. The van der Waals surface area contributed by atoms with Crippen molar-refractivity contribution >= 4 is 22.0 Å². The quantitative estimate of drug-likeness (QED) is 0.453. The van der Waals surface area contributed by atoms with Crippen LogP contribution in [0.1, 0.15) is 13.8 Å². The van der Waals surface area contributed by atoms with Crippen molar-refractivity contribution in [3.8, 4) is 0 Å². The van der Waals surface area contributed by atoms with Crippen molar-refractivity contribution in [2.75, 3.05) is 6.26 Å². The van der Waals surface area contributed by atoms with Gasteiger partial charge in [0.25, 0.3) is 0 Å². The third kappa shape index (κ3) is 4.57. The maximum Gasteiger partial charge on any atom is 0.0224 e. The zero-order valence-corrected chi connectivity index (χ0v) is 7.72. The molecule has 0 radical (unpaired) electrons. The van der Waals surface area contributed by atoms with Crippen LogP contribution < -0.4 is 0 Å². The molecule has 0 amide bonds. The van der Waals surface area contributed by atoms with E-state index in [1.807, 2.05) is 11.8 Å². The topological polar surface area (TPSA) is 0 Å². The molecule has 0 saturated heterocycles. The molecule has 2 heteroatoms. The van der Waals surface area contributed by atoms with Crippen LogP contribution in [0.25, 0.3) is 0 Å². The Morgan fingerprint density at radius 1 is 1.50 bits per heavy atom. The van der Waals surface area contributed by atoms with Crippen LogP contribution in [0.4, 0.5) is 0 Å². The van der Waals surface area contributed by atoms with Gasteiger partial charge in [0.2, 0.25) is 0 Å². The summed E-state index contributed by atoms with van der Waals surface area (Å²) in [5.41, 5.74) is 0. The lowest BCUT2D eigenvalue weighted by atomic mass is 10.5. The molecule has 0 aliphatic carbocycles. The Hall–Kier alpha value is 0.567. The summed E-state index contributed by atoms with van der Waals surface area (Å²) in [6.45, 7) is 4.54. The molecule has 0 aliphatic heterocycles. The van der Waals surface area contributed by atoms with Gasteiger partial charge in [-0.15, -0.1) is 0 Å². The summed E-state index contributed by atoms with van der Waals surface area (Å²) in [4.78, 5) is 0. The van der Waals surface area contributed by atoms with Crippen LogP contribution >= 0.6 is 11.8 Å². The molecule has 0 nitrogen and oxygen atoms in total. The predicted molar refractivity (Wildman–Crippen MR) is 37.5 cm³/mol. The van der Waals surface area contributed by atoms with Crippen LogP contribution in [0.5, 0.6) is 0 Å². The van der Waals surface area contributed by atoms with Crippen LogP contribution in [0, 0.1) is 0 Å². The zero-order valence-electron chi connectivity index (χ0n) is 4.91. The third-order valence-corrected chi connectivity index (χ3v) is 3.06. The molecule has 0 N–H and O–H groups in total. The predicted octanol–water partition coefficient (Wildman–Crippen LogP) is 0.451. The highest BCUT2D eigenvalue weighted by Crippen LogP contribution is 2.14. The maximum atomic E-state index is 2.27. The van der Waals surface area contributed by atoms with E-state index in [0.717, 1.165) is 0 Å². The highest BCUT2D eigenvalue weighted by Gasteiger charge is 2.04. The van der Waals surface area contributed by atoms with Gasteiger partial charge in [0.15, 0.2) is 0 Å². The first-order valence-corrected chi connectivity index (χ1v) is 4.34. The van der Waals surface area contributed by atoms with E-state index in [0.29, 0.717) is 4.37 Å². The van der Waals surface area contributed by atoms with Crippen LogP contribution in [0.2, 0.25) is 0 Å². The minimum atomic E-state index is 0.597. The molecule has 0 fully saturated rings. The van der Waals surface area contributed by atoms with E-state index in [1.54, 1.807) is 0 Å². The highest BCUT2D eigenvalue weighted by molar-refractivity contribution is 8.01. The fourth-order valence-electron chi connectivity index (χ4n) is 0. The minimum absolute atomic E-state index is 0.597. The van der Waals surface area contributed by atoms with Gasteiger partial charge in [-0.05, 0) is 10.6 Å². The zero-order chi connectivity index (χ0) is 5.21. The van der Waals surface area contributed by atoms with E-state index >= 15 is 0 Å². The summed E-state index contributed by atoms with van der Waals surface area (Å²) in [5, 5.41) is 0. The number of thioether (sulfide) groups is 1. The van der Waals surface area contributed by atoms with Gasteiger partial charge in [-0.3, -0.25) is 0 Å². The molecule has 0 aromatic carbocycles. The van der Waals surface area contributed by atoms with E-state index < -0.39 is 0 Å². The molecule has 0 aliphatic rings. The van der Waals surface area contributed by atoms with Gasteiger partial charge >= 0.3 is 0 Å². The number of rotatable bonds is 1. The first kappa shape index (κ1) is 6.57. The van der Waals surface area contributed by atoms with Gasteiger partial charge in [-0.2, -0.15) is 11.8 Å². The highest BCUT2D eigenvalue weighted by atomic mass is 32.2. The first-order valence-electron chi connectivity index (χ1n) is 2.11. The second-order valence-corrected chi connectivity index (χ2v) is 7.17. The smallest absolute Gasteiger partial charge is 0.0224 e. The van der Waals surface area contributed by atoms with Crippen LogP contribution in [-0.2, 0) is 0 Å². The third-order valence-electron chi connectivity index (χ3n) is 0.612. The lowest BCUT2D eigenvalue weighted by Crippen LogP contribution is -2.11. The standard InChI is InChI=1S/C4H12SSi/c1-4(2,6)5-3/h1-3,6H3. The Labute approximate surface area is 47.1 Å². The molecule has 0 unspecified atom stereocenters. The summed E-state index contributed by atoms with van der Waals surface area (Å²) < 4.78 is 0.597. The molecular formula is C4H12SSi. The van der Waals surface area contributed by atoms with Crippen LogP contribution in [0.15, 0.2) is 0 Å². The Kier molecular flexibility index (Phi) is 2.22. The fraction of sp³-hybridized carbons (Fsp3) is 1.00. The molecule has 0 aromatic heterocycles. The van der Waals surface area contributed by atoms with Gasteiger partial charge in [-0.1, -0.05) is 13.8 Å². The molecule has 0 atom stereocenters. The largest absolute Gasteiger partial charge is 0.163 e. The van der Waals surface area contributed by atoms with E-state index in [1.165, 1.54) is 10.2 Å². The normalized spacial score (nSPS) is 12.5. The summed E-state index contributed by atoms with van der Waals surface area (Å²) >= 11 is 1.94. The van der Waals surface area contributed by atoms with Crippen molar-refractivity contribution in [1.29, 1.82) is 0 Å². The Morgan fingerprint density at radius 3 is 1.67 bits per heavy atom.